The molecule has 106 valence electrons. The van der Waals surface area contributed by atoms with Gasteiger partial charge in [0.1, 0.15) is 5.69 Å². The van der Waals surface area contributed by atoms with Gasteiger partial charge in [-0.3, -0.25) is 9.47 Å². The van der Waals surface area contributed by atoms with Crippen molar-refractivity contribution in [2.24, 2.45) is 0 Å². The molecule has 0 amide bonds. The fraction of sp³-hybridized carbons (Fsp3) is 0.105. The maximum absolute atomic E-state index is 2.45. The van der Waals surface area contributed by atoms with E-state index in [1.165, 1.54) is 22.8 Å². The third kappa shape index (κ3) is 1.53. The molecule has 2 aliphatic rings. The van der Waals surface area contributed by atoms with Crippen LogP contribution in [0.5, 0.6) is 0 Å². The molecule has 0 fully saturated rings. The molecular formula is C19H16N3+. The normalized spacial score (nSPS) is 18.5. The van der Waals surface area contributed by atoms with Gasteiger partial charge in [0.05, 0.1) is 6.54 Å². The third-order valence-corrected chi connectivity index (χ3v) is 4.54. The molecule has 3 heteroatoms. The standard InChI is InChI=1S/C19H16N3/c1-3-7-15(8-4-1)20-13-17-11-12-18-14-21(19(20)22(17)18)16-9-5-2-6-10-16/h1-13,19H,14H2/q+1. The first-order valence-corrected chi connectivity index (χ1v) is 7.62. The molecule has 0 saturated carbocycles. The van der Waals surface area contributed by atoms with Crippen LogP contribution in [0.25, 0.3) is 0 Å². The van der Waals surface area contributed by atoms with Crippen LogP contribution in [-0.4, -0.2) is 15.4 Å². The van der Waals surface area contributed by atoms with Crippen molar-refractivity contribution in [2.45, 2.75) is 12.8 Å². The number of hydrogen-bond donors (Lipinski definition) is 0. The van der Waals surface area contributed by atoms with Crippen LogP contribution in [-0.2, 0) is 6.54 Å². The van der Waals surface area contributed by atoms with Gasteiger partial charge in [-0.1, -0.05) is 36.4 Å². The summed E-state index contributed by atoms with van der Waals surface area (Å²) in [5.41, 5.74) is 5.14. The van der Waals surface area contributed by atoms with Crippen LogP contribution in [0, 0.1) is 0 Å². The summed E-state index contributed by atoms with van der Waals surface area (Å²) in [6.45, 7) is 0.950. The zero-order chi connectivity index (χ0) is 14.5. The van der Waals surface area contributed by atoms with Crippen LogP contribution < -0.4 is 4.90 Å². The lowest BCUT2D eigenvalue weighted by molar-refractivity contribution is -0.496. The van der Waals surface area contributed by atoms with Crippen molar-refractivity contribution in [2.75, 3.05) is 4.90 Å². The van der Waals surface area contributed by atoms with Gasteiger partial charge in [0, 0.05) is 23.5 Å². The van der Waals surface area contributed by atoms with Crippen LogP contribution in [0.3, 0.4) is 0 Å². The van der Waals surface area contributed by atoms with Gasteiger partial charge >= 0.3 is 6.29 Å². The Kier molecular flexibility index (Phi) is 2.33. The van der Waals surface area contributed by atoms with Crippen molar-refractivity contribution in [3.63, 3.8) is 0 Å². The molecule has 3 aromatic rings. The Morgan fingerprint density at radius 2 is 1.55 bits per heavy atom. The topological polar surface area (TPSA) is 11.2 Å². The summed E-state index contributed by atoms with van der Waals surface area (Å²) >= 11 is 0. The minimum absolute atomic E-state index is 0.199. The average molecular weight is 286 g/mol. The van der Waals surface area contributed by atoms with E-state index in [1.54, 1.807) is 0 Å². The van der Waals surface area contributed by atoms with Gasteiger partial charge in [-0.25, -0.2) is 0 Å². The highest BCUT2D eigenvalue weighted by molar-refractivity contribution is 5.77. The summed E-state index contributed by atoms with van der Waals surface area (Å²) in [7, 11) is 0. The number of aromatic nitrogens is 1. The van der Waals surface area contributed by atoms with E-state index in [2.05, 4.69) is 93.1 Å². The van der Waals surface area contributed by atoms with E-state index < -0.39 is 0 Å². The number of hydrogen-bond acceptors (Lipinski definition) is 1. The molecule has 2 aromatic carbocycles. The predicted octanol–water partition coefficient (Wildman–Crippen LogP) is 3.74. The molecule has 1 atom stereocenters. The molecule has 2 aliphatic heterocycles. The number of anilines is 1. The summed E-state index contributed by atoms with van der Waals surface area (Å²) in [6, 6.07) is 25.7. The molecule has 0 spiro atoms. The Hall–Kier alpha value is -2.81. The first kappa shape index (κ1) is 11.8. The highest BCUT2D eigenvalue weighted by Gasteiger charge is 2.44. The SMILES string of the molecule is C1=[N+](c2ccccc2)C2N(c3ccccc3)Cc3ccc1n32. The Bertz CT molecular complexity index is 862. The summed E-state index contributed by atoms with van der Waals surface area (Å²) in [6.07, 6.45) is 2.45. The van der Waals surface area contributed by atoms with Crippen LogP contribution in [0.4, 0.5) is 11.4 Å². The van der Waals surface area contributed by atoms with Crippen LogP contribution in [0.1, 0.15) is 17.7 Å². The van der Waals surface area contributed by atoms with Crippen molar-refractivity contribution < 1.29 is 4.58 Å². The number of benzene rings is 2. The first-order valence-electron chi connectivity index (χ1n) is 7.62. The summed E-state index contributed by atoms with van der Waals surface area (Å²) in [5.74, 6) is 0. The van der Waals surface area contributed by atoms with Gasteiger partial charge < -0.3 is 0 Å². The van der Waals surface area contributed by atoms with E-state index in [4.69, 9.17) is 0 Å². The second-order valence-electron chi connectivity index (χ2n) is 5.80. The van der Waals surface area contributed by atoms with Crippen molar-refractivity contribution in [1.82, 2.24) is 4.57 Å². The third-order valence-electron chi connectivity index (χ3n) is 4.54. The fourth-order valence-corrected chi connectivity index (χ4v) is 3.56. The molecule has 3 nitrogen and oxygen atoms in total. The molecule has 0 saturated heterocycles. The van der Waals surface area contributed by atoms with Gasteiger partial charge in [0.25, 0.3) is 0 Å². The van der Waals surface area contributed by atoms with E-state index in [-0.39, 0.29) is 6.29 Å². The lowest BCUT2D eigenvalue weighted by atomic mass is 10.3. The molecule has 22 heavy (non-hydrogen) atoms. The molecule has 1 aromatic heterocycles. The Morgan fingerprint density at radius 3 is 2.32 bits per heavy atom. The second kappa shape index (κ2) is 4.34. The van der Waals surface area contributed by atoms with Gasteiger partial charge in [-0.2, -0.15) is 4.58 Å². The number of para-hydroxylation sites is 2. The number of nitrogens with zero attached hydrogens (tertiary/aromatic N) is 3. The van der Waals surface area contributed by atoms with Gasteiger partial charge in [-0.15, -0.1) is 0 Å². The molecule has 5 rings (SSSR count). The minimum Gasteiger partial charge on any atom is -0.290 e. The highest BCUT2D eigenvalue weighted by Crippen LogP contribution is 2.39. The summed E-state index contributed by atoms with van der Waals surface area (Å²) in [5, 5.41) is 0. The second-order valence-corrected chi connectivity index (χ2v) is 5.80. The lowest BCUT2D eigenvalue weighted by Gasteiger charge is -2.22. The number of rotatable bonds is 2. The van der Waals surface area contributed by atoms with Crippen molar-refractivity contribution in [1.29, 1.82) is 0 Å². The molecule has 0 aliphatic carbocycles. The zero-order valence-corrected chi connectivity index (χ0v) is 12.1. The van der Waals surface area contributed by atoms with Crippen LogP contribution >= 0.6 is 0 Å². The average Bonchev–Trinajstić information content (AvgIpc) is 3.25. The molecule has 3 heterocycles. The fourth-order valence-electron chi connectivity index (χ4n) is 3.56. The van der Waals surface area contributed by atoms with Crippen molar-refractivity contribution in [3.05, 3.63) is 84.2 Å². The summed E-state index contributed by atoms with van der Waals surface area (Å²) in [4.78, 5) is 2.45. The van der Waals surface area contributed by atoms with Gasteiger partial charge in [0.15, 0.2) is 6.21 Å². The van der Waals surface area contributed by atoms with Crippen LogP contribution in [0.15, 0.2) is 72.8 Å². The Balaban J connectivity index is 1.66. The first-order chi connectivity index (χ1) is 10.9. The van der Waals surface area contributed by atoms with Crippen LogP contribution in [0.2, 0.25) is 0 Å². The maximum Gasteiger partial charge on any atom is 0.321 e. The predicted molar refractivity (Wildman–Crippen MR) is 87.6 cm³/mol. The molecule has 1 unspecified atom stereocenters. The molecule has 0 bridgehead atoms. The minimum atomic E-state index is 0.199. The quantitative estimate of drug-likeness (QED) is 0.653. The summed E-state index contributed by atoms with van der Waals surface area (Å²) < 4.78 is 4.79. The Morgan fingerprint density at radius 1 is 0.818 bits per heavy atom. The highest BCUT2D eigenvalue weighted by atomic mass is 15.5. The Labute approximate surface area is 129 Å². The van der Waals surface area contributed by atoms with E-state index in [0.717, 1.165) is 6.54 Å². The van der Waals surface area contributed by atoms with E-state index >= 15 is 0 Å². The molecule has 0 N–H and O–H groups in total. The van der Waals surface area contributed by atoms with Crippen molar-refractivity contribution >= 4 is 17.6 Å². The zero-order valence-electron chi connectivity index (χ0n) is 12.1. The largest absolute Gasteiger partial charge is 0.321 e. The molecule has 0 radical (unpaired) electrons. The smallest absolute Gasteiger partial charge is 0.290 e. The van der Waals surface area contributed by atoms with Gasteiger partial charge in [-0.05, 0) is 24.3 Å². The van der Waals surface area contributed by atoms with E-state index in [1.807, 2.05) is 0 Å². The lowest BCUT2D eigenvalue weighted by Crippen LogP contribution is -2.29. The van der Waals surface area contributed by atoms with E-state index in [0.29, 0.717) is 0 Å². The molecular weight excluding hydrogens is 270 g/mol. The maximum atomic E-state index is 2.45. The van der Waals surface area contributed by atoms with Gasteiger partial charge in [0.2, 0.25) is 5.69 Å². The monoisotopic (exact) mass is 286 g/mol. The van der Waals surface area contributed by atoms with E-state index in [9.17, 15) is 0 Å². The van der Waals surface area contributed by atoms with Crippen molar-refractivity contribution in [3.8, 4) is 0 Å².